The van der Waals surface area contributed by atoms with Crippen molar-refractivity contribution in [3.8, 4) is 22.3 Å². The summed E-state index contributed by atoms with van der Waals surface area (Å²) in [6, 6.07) is 2.79. The second-order valence-electron chi connectivity index (χ2n) is 3.95. The number of nitrogens with zero attached hydrogens (tertiary/aromatic N) is 3. The molecule has 19 heavy (non-hydrogen) atoms. The monoisotopic (exact) mass is 276 g/mol. The highest BCUT2D eigenvalue weighted by atomic mass is 32.1. The van der Waals surface area contributed by atoms with Crippen LogP contribution in [0.3, 0.4) is 0 Å². The Morgan fingerprint density at radius 2 is 2.21 bits per heavy atom. The first-order chi connectivity index (χ1) is 9.15. The Labute approximate surface area is 111 Å². The molecule has 0 aliphatic carbocycles. The predicted molar refractivity (Wildman–Crippen MR) is 69.9 cm³/mol. The molecule has 3 rings (SSSR count). The molecule has 0 radical (unpaired) electrons. The molecule has 0 aromatic carbocycles. The van der Waals surface area contributed by atoms with E-state index in [9.17, 15) is 4.39 Å². The zero-order chi connectivity index (χ0) is 13.4. The molecule has 3 aromatic heterocycles. The molecule has 0 saturated carbocycles. The first-order valence-electron chi connectivity index (χ1n) is 5.44. The van der Waals surface area contributed by atoms with Crippen LogP contribution >= 0.6 is 11.3 Å². The number of anilines is 1. The molecule has 0 saturated heterocycles. The highest BCUT2D eigenvalue weighted by molar-refractivity contribution is 7.14. The van der Waals surface area contributed by atoms with E-state index in [0.29, 0.717) is 23.1 Å². The molecule has 0 aliphatic rings. The first kappa shape index (κ1) is 11.8. The number of hydrogen-bond donors (Lipinski definition) is 1. The fraction of sp³-hybridized carbons (Fsp3) is 0.0833. The van der Waals surface area contributed by atoms with E-state index in [0.717, 1.165) is 16.6 Å². The lowest BCUT2D eigenvalue weighted by molar-refractivity contribution is 0.433. The summed E-state index contributed by atoms with van der Waals surface area (Å²) >= 11 is 1.44. The number of halogens is 1. The molecule has 5 nitrogen and oxygen atoms in total. The molecule has 0 aliphatic heterocycles. The summed E-state index contributed by atoms with van der Waals surface area (Å²) in [4.78, 5) is 8.85. The van der Waals surface area contributed by atoms with Crippen molar-refractivity contribution in [1.82, 2.24) is 15.1 Å². The van der Waals surface area contributed by atoms with E-state index in [4.69, 9.17) is 10.3 Å². The lowest BCUT2D eigenvalue weighted by Crippen LogP contribution is -1.88. The van der Waals surface area contributed by atoms with Crippen molar-refractivity contribution in [1.29, 1.82) is 0 Å². The van der Waals surface area contributed by atoms with Gasteiger partial charge >= 0.3 is 0 Å². The Kier molecular flexibility index (Phi) is 2.75. The summed E-state index contributed by atoms with van der Waals surface area (Å²) in [5.41, 5.74) is 7.97. The Morgan fingerprint density at radius 1 is 1.37 bits per heavy atom. The fourth-order valence-electron chi connectivity index (χ4n) is 1.55. The van der Waals surface area contributed by atoms with Crippen LogP contribution in [0.5, 0.6) is 0 Å². The van der Waals surface area contributed by atoms with Crippen LogP contribution in [0.25, 0.3) is 22.3 Å². The van der Waals surface area contributed by atoms with Crippen molar-refractivity contribution >= 4 is 17.0 Å². The minimum Gasteiger partial charge on any atom is -0.397 e. The van der Waals surface area contributed by atoms with E-state index in [1.54, 1.807) is 0 Å². The molecule has 0 amide bonds. The molecule has 0 unspecified atom stereocenters. The van der Waals surface area contributed by atoms with E-state index in [1.165, 1.54) is 23.5 Å². The quantitative estimate of drug-likeness (QED) is 0.778. The number of hydrogen-bond acceptors (Lipinski definition) is 6. The van der Waals surface area contributed by atoms with Crippen LogP contribution in [0.1, 0.15) is 5.56 Å². The molecule has 7 heteroatoms. The summed E-state index contributed by atoms with van der Waals surface area (Å²) in [6.45, 7) is 1.91. The molecule has 96 valence electrons. The molecular weight excluding hydrogens is 267 g/mol. The normalized spacial score (nSPS) is 10.8. The number of pyridine rings is 1. The van der Waals surface area contributed by atoms with Gasteiger partial charge in [0.2, 0.25) is 5.82 Å². The van der Waals surface area contributed by atoms with Gasteiger partial charge in [-0.3, -0.25) is 0 Å². The zero-order valence-electron chi connectivity index (χ0n) is 9.92. The topological polar surface area (TPSA) is 77.8 Å². The highest BCUT2D eigenvalue weighted by Gasteiger charge is 2.16. The minimum atomic E-state index is -0.411. The van der Waals surface area contributed by atoms with Crippen molar-refractivity contribution in [2.45, 2.75) is 6.92 Å². The van der Waals surface area contributed by atoms with E-state index < -0.39 is 5.82 Å². The summed E-state index contributed by atoms with van der Waals surface area (Å²) in [5, 5.41) is 5.74. The van der Waals surface area contributed by atoms with Crippen LogP contribution in [-0.2, 0) is 0 Å². The van der Waals surface area contributed by atoms with Gasteiger partial charge in [0.05, 0.1) is 11.9 Å². The third-order valence-electron chi connectivity index (χ3n) is 2.60. The zero-order valence-corrected chi connectivity index (χ0v) is 10.7. The number of nitrogen functional groups attached to an aromatic ring is 1. The van der Waals surface area contributed by atoms with Gasteiger partial charge in [-0.25, -0.2) is 9.37 Å². The summed E-state index contributed by atoms with van der Waals surface area (Å²) in [7, 11) is 0. The maximum atomic E-state index is 12.8. The Bertz CT molecular complexity index is 720. The van der Waals surface area contributed by atoms with Gasteiger partial charge in [0.1, 0.15) is 16.4 Å². The van der Waals surface area contributed by atoms with Crippen molar-refractivity contribution in [2.75, 3.05) is 5.73 Å². The van der Waals surface area contributed by atoms with Crippen LogP contribution in [-0.4, -0.2) is 15.1 Å². The molecule has 0 bridgehead atoms. The predicted octanol–water partition coefficient (Wildman–Crippen LogP) is 2.89. The third kappa shape index (κ3) is 2.08. The van der Waals surface area contributed by atoms with Crippen LogP contribution in [0, 0.1) is 12.7 Å². The van der Waals surface area contributed by atoms with Gasteiger partial charge in [-0.2, -0.15) is 4.98 Å². The van der Waals surface area contributed by atoms with Gasteiger partial charge in [0.15, 0.2) is 0 Å². The van der Waals surface area contributed by atoms with Crippen molar-refractivity contribution in [3.63, 3.8) is 0 Å². The average Bonchev–Trinajstić information content (AvgIpc) is 2.99. The Morgan fingerprint density at radius 3 is 2.84 bits per heavy atom. The number of rotatable bonds is 2. The highest BCUT2D eigenvalue weighted by Crippen LogP contribution is 2.34. The molecular formula is C12H9FN4OS. The van der Waals surface area contributed by atoms with E-state index >= 15 is 0 Å². The number of aryl methyl sites for hydroxylation is 1. The van der Waals surface area contributed by atoms with Crippen molar-refractivity contribution in [2.24, 2.45) is 0 Å². The lowest BCUT2D eigenvalue weighted by Gasteiger charge is -1.93. The third-order valence-corrected chi connectivity index (χ3v) is 3.70. The second-order valence-corrected chi connectivity index (χ2v) is 4.83. The van der Waals surface area contributed by atoms with E-state index in [2.05, 4.69) is 15.1 Å². The van der Waals surface area contributed by atoms with Gasteiger partial charge < -0.3 is 10.3 Å². The van der Waals surface area contributed by atoms with Gasteiger partial charge in [0, 0.05) is 0 Å². The smallest absolute Gasteiger partial charge is 0.270 e. The lowest BCUT2D eigenvalue weighted by atomic mass is 10.3. The molecule has 0 atom stereocenters. The average molecular weight is 276 g/mol. The number of nitrogens with two attached hydrogens (primary N) is 1. The molecule has 3 aromatic rings. The van der Waals surface area contributed by atoms with Gasteiger partial charge in [-0.15, -0.1) is 11.3 Å². The summed E-state index contributed by atoms with van der Waals surface area (Å²) < 4.78 is 18.0. The van der Waals surface area contributed by atoms with Crippen molar-refractivity contribution in [3.05, 3.63) is 35.1 Å². The SMILES string of the molecule is Cc1csc(-c2nc(-c3ccc(F)cn3)no2)c1N. The molecule has 2 N–H and O–H groups in total. The number of thiophene rings is 1. The van der Waals surface area contributed by atoms with Crippen LogP contribution in [0.4, 0.5) is 10.1 Å². The first-order valence-corrected chi connectivity index (χ1v) is 6.32. The standard InChI is InChI=1S/C12H9FN4OS/c1-6-5-19-10(9(6)14)12-16-11(17-18-12)8-3-2-7(13)4-15-8/h2-5H,14H2,1H3. The largest absolute Gasteiger partial charge is 0.397 e. The maximum Gasteiger partial charge on any atom is 0.270 e. The van der Waals surface area contributed by atoms with Gasteiger partial charge in [0.25, 0.3) is 5.89 Å². The molecule has 0 fully saturated rings. The summed E-state index contributed by atoms with van der Waals surface area (Å²) in [5.74, 6) is 0.239. The Hall–Kier alpha value is -2.28. The van der Waals surface area contributed by atoms with E-state index in [1.807, 2.05) is 12.3 Å². The van der Waals surface area contributed by atoms with Gasteiger partial charge in [-0.1, -0.05) is 5.16 Å². The van der Waals surface area contributed by atoms with Crippen LogP contribution in [0.2, 0.25) is 0 Å². The summed E-state index contributed by atoms with van der Waals surface area (Å²) in [6.07, 6.45) is 1.11. The van der Waals surface area contributed by atoms with Crippen LogP contribution in [0.15, 0.2) is 28.2 Å². The van der Waals surface area contributed by atoms with Crippen LogP contribution < -0.4 is 5.73 Å². The fourth-order valence-corrected chi connectivity index (χ4v) is 2.44. The maximum absolute atomic E-state index is 12.8. The van der Waals surface area contributed by atoms with Gasteiger partial charge in [-0.05, 0) is 30.0 Å². The molecule has 0 spiro atoms. The number of aromatic nitrogens is 3. The van der Waals surface area contributed by atoms with E-state index in [-0.39, 0.29) is 0 Å². The van der Waals surface area contributed by atoms with Crippen molar-refractivity contribution < 1.29 is 8.91 Å². The Balaban J connectivity index is 2.00. The second kappa shape index (κ2) is 4.43. The minimum absolute atomic E-state index is 0.306. The molecule has 3 heterocycles.